The van der Waals surface area contributed by atoms with Crippen LogP contribution in [0.25, 0.3) is 4.96 Å². The molecule has 2 aromatic rings. The summed E-state index contributed by atoms with van der Waals surface area (Å²) in [5.41, 5.74) is 1.32. The predicted molar refractivity (Wildman–Crippen MR) is 80.1 cm³/mol. The molecule has 2 heterocycles. The van der Waals surface area contributed by atoms with Crippen LogP contribution in [-0.2, 0) is 6.54 Å². The van der Waals surface area contributed by atoms with Gasteiger partial charge < -0.3 is 10.1 Å². The highest BCUT2D eigenvalue weighted by atomic mass is 32.1. The summed E-state index contributed by atoms with van der Waals surface area (Å²) >= 11 is 1.63. The van der Waals surface area contributed by atoms with Crippen LogP contribution in [0.1, 0.15) is 45.7 Å². The van der Waals surface area contributed by atoms with Crippen LogP contribution in [0.15, 0.2) is 11.6 Å². The smallest absolute Gasteiger partial charge is 0.237 e. The predicted octanol–water partition coefficient (Wildman–Crippen LogP) is 3.46. The van der Waals surface area contributed by atoms with Gasteiger partial charge in [-0.2, -0.15) is 4.98 Å². The summed E-state index contributed by atoms with van der Waals surface area (Å²) in [4.78, 5) is 5.48. The van der Waals surface area contributed by atoms with E-state index in [1.54, 1.807) is 18.4 Å². The van der Waals surface area contributed by atoms with E-state index in [0.29, 0.717) is 0 Å². The van der Waals surface area contributed by atoms with Crippen LogP contribution in [-0.4, -0.2) is 22.0 Å². The van der Waals surface area contributed by atoms with E-state index in [4.69, 9.17) is 4.74 Å². The van der Waals surface area contributed by atoms with Crippen molar-refractivity contribution in [3.05, 3.63) is 17.3 Å². The zero-order valence-corrected chi connectivity index (χ0v) is 13.0. The highest BCUT2D eigenvalue weighted by Crippen LogP contribution is 2.25. The van der Waals surface area contributed by atoms with Crippen molar-refractivity contribution in [3.63, 3.8) is 0 Å². The van der Waals surface area contributed by atoms with Gasteiger partial charge in [-0.1, -0.05) is 20.8 Å². The number of nitrogens with zero attached hydrogens (tertiary/aromatic N) is 2. The highest BCUT2D eigenvalue weighted by Gasteiger charge is 2.24. The third-order valence-electron chi connectivity index (χ3n) is 4.18. The van der Waals surface area contributed by atoms with E-state index in [0.717, 1.165) is 42.3 Å². The average Bonchev–Trinajstić information content (AvgIpc) is 3.02. The van der Waals surface area contributed by atoms with Gasteiger partial charge in [0.15, 0.2) is 4.96 Å². The fourth-order valence-electron chi connectivity index (χ4n) is 2.53. The summed E-state index contributed by atoms with van der Waals surface area (Å²) in [6.07, 6.45) is 5.45. The Labute approximate surface area is 118 Å². The molecule has 0 amide bonds. The third-order valence-corrected chi connectivity index (χ3v) is 4.94. The number of imidazole rings is 1. The van der Waals surface area contributed by atoms with E-state index in [1.807, 2.05) is 0 Å². The lowest BCUT2D eigenvalue weighted by Crippen LogP contribution is -2.43. The van der Waals surface area contributed by atoms with Crippen molar-refractivity contribution in [3.8, 4) is 5.88 Å². The molecule has 2 aromatic heterocycles. The normalized spacial score (nSPS) is 12.2. The second-order valence-corrected chi connectivity index (χ2v) is 5.69. The molecule has 0 saturated heterocycles. The lowest BCUT2D eigenvalue weighted by atomic mass is 9.90. The first-order valence-corrected chi connectivity index (χ1v) is 7.81. The Kier molecular flexibility index (Phi) is 4.47. The first-order chi connectivity index (χ1) is 9.19. The van der Waals surface area contributed by atoms with Crippen molar-refractivity contribution in [1.82, 2.24) is 14.7 Å². The Morgan fingerprint density at radius 3 is 2.58 bits per heavy atom. The molecule has 0 aliphatic rings. The summed E-state index contributed by atoms with van der Waals surface area (Å²) in [6, 6.07) is 0. The number of methoxy groups -OCH3 is 1. The summed E-state index contributed by atoms with van der Waals surface area (Å²) in [7, 11) is 1.68. The van der Waals surface area contributed by atoms with Crippen molar-refractivity contribution in [2.24, 2.45) is 0 Å². The Hall–Kier alpha value is -1.07. The molecule has 0 fully saturated rings. The summed E-state index contributed by atoms with van der Waals surface area (Å²) in [6.45, 7) is 7.52. The van der Waals surface area contributed by atoms with Crippen LogP contribution in [0, 0.1) is 0 Å². The van der Waals surface area contributed by atoms with Crippen LogP contribution in [0.2, 0.25) is 0 Å². The molecular weight excluding hydrogens is 258 g/mol. The maximum absolute atomic E-state index is 5.39. The van der Waals surface area contributed by atoms with Gasteiger partial charge in [0, 0.05) is 23.7 Å². The van der Waals surface area contributed by atoms with E-state index in [1.165, 1.54) is 0 Å². The molecule has 106 valence electrons. The second-order valence-electron chi connectivity index (χ2n) is 4.82. The molecule has 0 spiro atoms. The minimum atomic E-state index is 0.213. The maximum atomic E-state index is 5.39. The molecule has 5 heteroatoms. The van der Waals surface area contributed by atoms with Crippen LogP contribution in [0.5, 0.6) is 5.88 Å². The second kappa shape index (κ2) is 5.92. The molecule has 0 saturated carbocycles. The van der Waals surface area contributed by atoms with Crippen molar-refractivity contribution in [1.29, 1.82) is 0 Å². The molecule has 4 nitrogen and oxygen atoms in total. The third kappa shape index (κ3) is 2.62. The quantitative estimate of drug-likeness (QED) is 0.844. The molecule has 0 radical (unpaired) electrons. The fourth-order valence-corrected chi connectivity index (χ4v) is 3.26. The van der Waals surface area contributed by atoms with Crippen LogP contribution >= 0.6 is 11.3 Å². The largest absolute Gasteiger partial charge is 0.480 e. The molecule has 19 heavy (non-hydrogen) atoms. The van der Waals surface area contributed by atoms with E-state index >= 15 is 0 Å². The molecule has 2 rings (SSSR count). The fraction of sp³-hybridized carbons (Fsp3) is 0.643. The monoisotopic (exact) mass is 281 g/mol. The van der Waals surface area contributed by atoms with Gasteiger partial charge in [0.1, 0.15) is 5.69 Å². The van der Waals surface area contributed by atoms with Gasteiger partial charge in [0.05, 0.1) is 7.11 Å². The number of nitrogens with one attached hydrogen (secondary N) is 1. The number of thiazole rings is 1. The Balaban J connectivity index is 2.22. The lowest BCUT2D eigenvalue weighted by Gasteiger charge is -2.32. The number of hydrogen-bond acceptors (Lipinski definition) is 4. The van der Waals surface area contributed by atoms with Crippen LogP contribution < -0.4 is 10.1 Å². The summed E-state index contributed by atoms with van der Waals surface area (Å²) in [5.74, 6) is 0.733. The maximum Gasteiger partial charge on any atom is 0.237 e. The minimum absolute atomic E-state index is 0.213. The van der Waals surface area contributed by atoms with E-state index < -0.39 is 0 Å². The van der Waals surface area contributed by atoms with Gasteiger partial charge in [-0.3, -0.25) is 4.40 Å². The molecule has 0 bridgehead atoms. The van der Waals surface area contributed by atoms with Gasteiger partial charge in [-0.05, 0) is 19.3 Å². The lowest BCUT2D eigenvalue weighted by molar-refractivity contribution is 0.283. The average molecular weight is 281 g/mol. The van der Waals surface area contributed by atoms with E-state index in [-0.39, 0.29) is 5.54 Å². The topological polar surface area (TPSA) is 38.6 Å². The molecule has 0 aromatic carbocycles. The zero-order valence-electron chi connectivity index (χ0n) is 12.2. The number of hydrogen-bond donors (Lipinski definition) is 1. The Morgan fingerprint density at radius 1 is 1.32 bits per heavy atom. The zero-order chi connectivity index (χ0) is 13.9. The molecule has 1 N–H and O–H groups in total. The van der Waals surface area contributed by atoms with E-state index in [2.05, 4.69) is 47.0 Å². The molecule has 0 unspecified atom stereocenters. The van der Waals surface area contributed by atoms with Crippen molar-refractivity contribution < 1.29 is 4.74 Å². The van der Waals surface area contributed by atoms with Gasteiger partial charge in [-0.25, -0.2) is 0 Å². The number of fused-ring (bicyclic) bond motifs is 1. The van der Waals surface area contributed by atoms with E-state index in [9.17, 15) is 0 Å². The van der Waals surface area contributed by atoms with Crippen LogP contribution in [0.4, 0.5) is 0 Å². The summed E-state index contributed by atoms with van der Waals surface area (Å²) in [5, 5.41) is 5.76. The van der Waals surface area contributed by atoms with Gasteiger partial charge in [0.25, 0.3) is 0 Å². The van der Waals surface area contributed by atoms with Gasteiger partial charge >= 0.3 is 0 Å². The number of ether oxygens (including phenoxy) is 1. The molecule has 0 aliphatic heterocycles. The Bertz CT molecular complexity index is 519. The van der Waals surface area contributed by atoms with Crippen LogP contribution in [0.3, 0.4) is 0 Å². The van der Waals surface area contributed by atoms with Crippen molar-refractivity contribution in [2.75, 3.05) is 7.11 Å². The Morgan fingerprint density at radius 2 is 2.00 bits per heavy atom. The minimum Gasteiger partial charge on any atom is -0.480 e. The molecule has 0 aliphatic carbocycles. The highest BCUT2D eigenvalue weighted by molar-refractivity contribution is 7.15. The first kappa shape index (κ1) is 14.3. The van der Waals surface area contributed by atoms with Crippen molar-refractivity contribution >= 4 is 16.3 Å². The SMILES string of the molecule is CCC(CC)(CC)NCc1c(OC)nc2sccn12. The summed E-state index contributed by atoms with van der Waals surface area (Å²) < 4.78 is 7.50. The standard InChI is InChI=1S/C14H23N3OS/c1-5-14(6-2,7-3)15-10-11-12(18-4)16-13-17(11)8-9-19-13/h8-9,15H,5-7,10H2,1-4H3. The number of aromatic nitrogens is 2. The first-order valence-electron chi connectivity index (χ1n) is 6.93. The van der Waals surface area contributed by atoms with Crippen molar-refractivity contribution in [2.45, 2.75) is 52.1 Å². The van der Waals surface area contributed by atoms with Gasteiger partial charge in [-0.15, -0.1) is 11.3 Å². The van der Waals surface area contributed by atoms with Gasteiger partial charge in [0.2, 0.25) is 5.88 Å². The molecule has 0 atom stereocenters. The number of rotatable bonds is 7. The molecular formula is C14H23N3OS.